The molecule has 2 aromatic carbocycles. The molecular formula is C29H31N3O7. The van der Waals surface area contributed by atoms with Crippen molar-refractivity contribution in [1.29, 1.82) is 0 Å². The maximum Gasteiger partial charge on any atom is 0.248 e. The number of Topliss-reactive ketones (excluding diaryl/α,β-unsaturated/α-hetero) is 1. The second kappa shape index (κ2) is 9.25. The summed E-state index contributed by atoms with van der Waals surface area (Å²) in [6.45, 7) is 1.41. The van der Waals surface area contributed by atoms with Gasteiger partial charge in [0, 0.05) is 30.5 Å². The zero-order valence-corrected chi connectivity index (χ0v) is 21.9. The van der Waals surface area contributed by atoms with Crippen LogP contribution in [0, 0.1) is 11.8 Å². The van der Waals surface area contributed by atoms with E-state index >= 15 is 0 Å². The number of ketones is 1. The van der Waals surface area contributed by atoms with Gasteiger partial charge in [-0.05, 0) is 67.7 Å². The summed E-state index contributed by atoms with van der Waals surface area (Å²) in [5.41, 5.74) is 5.88. The molecule has 5 rings (SSSR count). The van der Waals surface area contributed by atoms with Crippen molar-refractivity contribution in [3.05, 3.63) is 70.2 Å². The van der Waals surface area contributed by atoms with E-state index in [1.165, 1.54) is 13.0 Å². The Morgan fingerprint density at radius 1 is 1.13 bits per heavy atom. The van der Waals surface area contributed by atoms with Crippen molar-refractivity contribution < 1.29 is 34.8 Å². The summed E-state index contributed by atoms with van der Waals surface area (Å²) < 4.78 is 0. The summed E-state index contributed by atoms with van der Waals surface area (Å²) in [4.78, 5) is 39.2. The number of fused-ring (bicyclic) bond motifs is 3. The maximum absolute atomic E-state index is 13.9. The van der Waals surface area contributed by atoms with Crippen molar-refractivity contribution in [2.24, 2.45) is 17.6 Å². The first-order valence-electron chi connectivity index (χ1n) is 12.7. The molecule has 0 saturated carbocycles. The molecule has 4 unspecified atom stereocenters. The van der Waals surface area contributed by atoms with Crippen molar-refractivity contribution in [3.63, 3.8) is 0 Å². The average molecular weight is 534 g/mol. The Labute approximate surface area is 225 Å². The lowest BCUT2D eigenvalue weighted by atomic mass is 9.59. The van der Waals surface area contributed by atoms with Crippen molar-refractivity contribution >= 4 is 23.3 Å². The number of primary amides is 1. The third-order valence-corrected chi connectivity index (χ3v) is 8.20. The number of likely N-dealkylation sites (N-methyl/N-ethyl adjacent to an activating group) is 1. The van der Waals surface area contributed by atoms with Crippen LogP contribution >= 0.6 is 0 Å². The molecule has 0 fully saturated rings. The first-order valence-corrected chi connectivity index (χ1v) is 12.7. The number of aromatic hydroxyl groups is 1. The molecule has 0 saturated heterocycles. The lowest BCUT2D eigenvalue weighted by Crippen LogP contribution is -2.59. The van der Waals surface area contributed by atoms with Crippen LogP contribution in [0.3, 0.4) is 0 Å². The van der Waals surface area contributed by atoms with Crippen molar-refractivity contribution in [3.8, 4) is 16.9 Å². The predicted octanol–water partition coefficient (Wildman–Crippen LogP) is 2.57. The minimum absolute atomic E-state index is 0.0107. The molecule has 0 aliphatic heterocycles. The highest BCUT2D eigenvalue weighted by molar-refractivity contribution is 6.14. The number of hydrogen-bond donors (Lipinski definition) is 6. The van der Waals surface area contributed by atoms with Gasteiger partial charge in [-0.25, -0.2) is 0 Å². The number of phenols is 1. The van der Waals surface area contributed by atoms with Gasteiger partial charge in [0.2, 0.25) is 11.8 Å². The maximum atomic E-state index is 13.9. The molecule has 0 radical (unpaired) electrons. The SMILES string of the molecule is CC(=O)Nc1cccc(-c2ccc(O)c3c2CC2CC4C(N(C)C)C(O)=C(C(N)=O)CC4(O)C(O)=C2C3=O)c1. The Bertz CT molecular complexity index is 1490. The predicted molar refractivity (Wildman–Crippen MR) is 143 cm³/mol. The lowest BCUT2D eigenvalue weighted by Gasteiger charge is -2.51. The quantitative estimate of drug-likeness (QED) is 0.348. The molecule has 39 heavy (non-hydrogen) atoms. The zero-order chi connectivity index (χ0) is 28.4. The number of rotatable bonds is 4. The molecule has 2 aromatic rings. The number of aliphatic hydroxyl groups excluding tert-OH is 2. The number of nitrogens with zero attached hydrogens (tertiary/aromatic N) is 1. The Hall–Kier alpha value is -4.15. The van der Waals surface area contributed by atoms with Crippen LogP contribution in [0.4, 0.5) is 5.69 Å². The molecule has 4 atom stereocenters. The summed E-state index contributed by atoms with van der Waals surface area (Å²) in [5, 5.41) is 47.7. The second-order valence-electron chi connectivity index (χ2n) is 10.8. The van der Waals surface area contributed by atoms with Crippen LogP contribution in [-0.4, -0.2) is 68.7 Å². The minimum atomic E-state index is -2.01. The van der Waals surface area contributed by atoms with Gasteiger partial charge in [-0.3, -0.25) is 19.3 Å². The van der Waals surface area contributed by atoms with E-state index in [2.05, 4.69) is 5.32 Å². The highest BCUT2D eigenvalue weighted by Gasteiger charge is 2.58. The van der Waals surface area contributed by atoms with Gasteiger partial charge in [0.05, 0.1) is 17.2 Å². The van der Waals surface area contributed by atoms with Crippen LogP contribution in [0.15, 0.2) is 59.1 Å². The fraction of sp³-hybridized carbons (Fsp3) is 0.345. The van der Waals surface area contributed by atoms with E-state index in [0.717, 1.165) is 5.56 Å². The minimum Gasteiger partial charge on any atom is -0.510 e. The fourth-order valence-electron chi connectivity index (χ4n) is 6.57. The molecular weight excluding hydrogens is 502 g/mol. The Morgan fingerprint density at radius 2 is 1.85 bits per heavy atom. The van der Waals surface area contributed by atoms with Crippen molar-refractivity contribution in [1.82, 2.24) is 4.90 Å². The van der Waals surface area contributed by atoms with Crippen LogP contribution < -0.4 is 11.1 Å². The highest BCUT2D eigenvalue weighted by atomic mass is 16.3. The van der Waals surface area contributed by atoms with Gasteiger partial charge >= 0.3 is 0 Å². The van der Waals surface area contributed by atoms with Gasteiger partial charge in [-0.15, -0.1) is 0 Å². The molecule has 204 valence electrons. The lowest BCUT2D eigenvalue weighted by molar-refractivity contribution is -0.118. The summed E-state index contributed by atoms with van der Waals surface area (Å²) >= 11 is 0. The van der Waals surface area contributed by atoms with Crippen LogP contribution in [0.2, 0.25) is 0 Å². The smallest absolute Gasteiger partial charge is 0.248 e. The van der Waals surface area contributed by atoms with Crippen LogP contribution in [0.5, 0.6) is 5.75 Å². The third kappa shape index (κ3) is 4.07. The molecule has 10 nitrogen and oxygen atoms in total. The fourth-order valence-corrected chi connectivity index (χ4v) is 6.57. The summed E-state index contributed by atoms with van der Waals surface area (Å²) in [6.07, 6.45) is 0.0584. The molecule has 10 heteroatoms. The Kier molecular flexibility index (Phi) is 6.27. The number of amides is 2. The van der Waals surface area contributed by atoms with E-state index in [0.29, 0.717) is 16.8 Å². The number of benzene rings is 2. The third-order valence-electron chi connectivity index (χ3n) is 8.20. The normalized spacial score (nSPS) is 26.2. The van der Waals surface area contributed by atoms with Crippen molar-refractivity contribution in [2.75, 3.05) is 19.4 Å². The van der Waals surface area contributed by atoms with E-state index < -0.39 is 47.3 Å². The van der Waals surface area contributed by atoms with Crippen LogP contribution in [-0.2, 0) is 16.0 Å². The van der Waals surface area contributed by atoms with Gasteiger partial charge in [0.25, 0.3) is 0 Å². The Morgan fingerprint density at radius 3 is 2.49 bits per heavy atom. The average Bonchev–Trinajstić information content (AvgIpc) is 2.84. The largest absolute Gasteiger partial charge is 0.510 e. The number of aliphatic hydroxyl groups is 3. The number of anilines is 1. The van der Waals surface area contributed by atoms with E-state index in [9.17, 15) is 34.8 Å². The molecule has 3 aliphatic carbocycles. The standard InChI is InChI=1S/C29H31N3O7/c1-13(33)31-16-6-4-5-14(9-16)17-7-8-21(34)23-18(17)10-15-11-20-24(32(2)3)25(35)19(28(30)38)12-29(20,39)27(37)22(15)26(23)36/h4-9,15,20,24,34-35,37,39H,10-12H2,1-3H3,(H2,30,38)(H,31,33). The summed E-state index contributed by atoms with van der Waals surface area (Å²) in [7, 11) is 3.36. The zero-order valence-electron chi connectivity index (χ0n) is 21.9. The molecule has 7 N–H and O–H groups in total. The van der Waals surface area contributed by atoms with Crippen LogP contribution in [0.1, 0.15) is 35.7 Å². The molecule has 2 amide bonds. The van der Waals surface area contributed by atoms with Gasteiger partial charge in [-0.2, -0.15) is 0 Å². The molecule has 0 bridgehead atoms. The number of nitrogens with two attached hydrogens (primary N) is 1. The number of hydrogen-bond acceptors (Lipinski definition) is 8. The highest BCUT2D eigenvalue weighted by Crippen LogP contribution is 2.54. The molecule has 0 spiro atoms. The van der Waals surface area contributed by atoms with E-state index in [1.807, 2.05) is 6.07 Å². The van der Waals surface area contributed by atoms with E-state index in [4.69, 9.17) is 5.73 Å². The van der Waals surface area contributed by atoms with Gasteiger partial charge in [0.1, 0.15) is 22.9 Å². The number of carbonyl (C=O) groups is 3. The van der Waals surface area contributed by atoms with Gasteiger partial charge < -0.3 is 31.5 Å². The molecule has 3 aliphatic rings. The number of carbonyl (C=O) groups excluding carboxylic acids is 3. The summed E-state index contributed by atoms with van der Waals surface area (Å²) in [6, 6.07) is 9.42. The van der Waals surface area contributed by atoms with Crippen LogP contribution in [0.25, 0.3) is 11.1 Å². The Balaban J connectivity index is 1.66. The van der Waals surface area contributed by atoms with E-state index in [1.54, 1.807) is 43.3 Å². The number of phenolic OH excluding ortho intramolecular Hbond substituents is 1. The van der Waals surface area contributed by atoms with Crippen molar-refractivity contribution in [2.45, 2.75) is 37.8 Å². The topological polar surface area (TPSA) is 173 Å². The monoisotopic (exact) mass is 533 g/mol. The number of nitrogens with one attached hydrogen (secondary N) is 1. The van der Waals surface area contributed by atoms with Gasteiger partial charge in [0.15, 0.2) is 5.78 Å². The van der Waals surface area contributed by atoms with E-state index in [-0.39, 0.29) is 47.0 Å². The molecule has 0 heterocycles. The second-order valence-corrected chi connectivity index (χ2v) is 10.8. The summed E-state index contributed by atoms with van der Waals surface area (Å²) in [5.74, 6) is -4.10. The first kappa shape index (κ1) is 26.5. The van der Waals surface area contributed by atoms with Gasteiger partial charge in [-0.1, -0.05) is 18.2 Å². The molecule has 0 aromatic heterocycles. The number of allylic oxidation sites excluding steroid dienone is 1. The first-order chi connectivity index (χ1) is 18.3.